The molecule has 270 valence electrons. The average Bonchev–Trinajstić information content (AvgIpc) is 3.73. The molecular formula is C48H40N3O2Pt-. The van der Waals surface area contributed by atoms with Crippen LogP contribution < -0.4 is 0 Å². The first-order chi connectivity index (χ1) is 25.5. The normalized spacial score (nSPS) is 12.2. The summed E-state index contributed by atoms with van der Waals surface area (Å²) in [6.45, 7) is 13.4. The molecule has 1 N–H and O–H groups in total. The maximum Gasteiger partial charge on any atom is 0.148 e. The van der Waals surface area contributed by atoms with Crippen LogP contribution in [0, 0.1) is 6.07 Å². The van der Waals surface area contributed by atoms with Crippen molar-refractivity contribution in [1.29, 1.82) is 0 Å². The summed E-state index contributed by atoms with van der Waals surface area (Å²) in [5.41, 5.74) is 12.1. The molecule has 0 spiro atoms. The van der Waals surface area contributed by atoms with E-state index in [0.717, 1.165) is 71.8 Å². The monoisotopic (exact) mass is 885 g/mol. The van der Waals surface area contributed by atoms with Crippen molar-refractivity contribution < 1.29 is 30.6 Å². The Morgan fingerprint density at radius 3 is 2.02 bits per heavy atom. The van der Waals surface area contributed by atoms with Crippen molar-refractivity contribution in [3.8, 4) is 45.1 Å². The molecule has 0 unspecified atom stereocenters. The van der Waals surface area contributed by atoms with Gasteiger partial charge in [0.25, 0.3) is 0 Å². The van der Waals surface area contributed by atoms with Gasteiger partial charge in [0.15, 0.2) is 0 Å². The molecule has 3 heterocycles. The van der Waals surface area contributed by atoms with Gasteiger partial charge in [-0.25, -0.2) is 4.98 Å². The van der Waals surface area contributed by atoms with Gasteiger partial charge in [0.2, 0.25) is 0 Å². The number of hydrogen-bond donors (Lipinski definition) is 1. The van der Waals surface area contributed by atoms with E-state index in [1.165, 1.54) is 11.1 Å². The minimum absolute atomic E-state index is 0. The predicted molar refractivity (Wildman–Crippen MR) is 218 cm³/mol. The summed E-state index contributed by atoms with van der Waals surface area (Å²) in [6.07, 6.45) is 1.84. The Morgan fingerprint density at radius 1 is 0.611 bits per heavy atom. The number of phenols is 1. The maximum atomic E-state index is 11.1. The Hall–Kier alpha value is -5.51. The van der Waals surface area contributed by atoms with Gasteiger partial charge >= 0.3 is 0 Å². The second-order valence-corrected chi connectivity index (χ2v) is 16.0. The smallest absolute Gasteiger partial charge is 0.148 e. The largest absolute Gasteiger partial charge is 0.507 e. The molecule has 9 aromatic rings. The SMILES string of the molecule is CC(C)(C)c1ccc(-n2c(-c3ccccc3O)nc3c(-c4[c-]c(-c5cc6c7ccccc7oc6c6cccnc56)cc(C(C)(C)C)c4)cccc32)cc1.[Pt]. The van der Waals surface area contributed by atoms with Crippen molar-refractivity contribution in [3.63, 3.8) is 0 Å². The van der Waals surface area contributed by atoms with Crippen LogP contribution in [0.25, 0.3) is 83.2 Å². The second kappa shape index (κ2) is 13.1. The van der Waals surface area contributed by atoms with E-state index in [2.05, 4.69) is 131 Å². The molecule has 0 atom stereocenters. The number of benzene rings is 6. The minimum atomic E-state index is -0.155. The fraction of sp³-hybridized carbons (Fsp3) is 0.167. The zero-order valence-electron chi connectivity index (χ0n) is 31.1. The maximum absolute atomic E-state index is 11.1. The summed E-state index contributed by atoms with van der Waals surface area (Å²) < 4.78 is 8.57. The molecule has 0 bridgehead atoms. The number of nitrogens with zero attached hydrogens (tertiary/aromatic N) is 3. The molecule has 6 aromatic carbocycles. The van der Waals surface area contributed by atoms with Crippen LogP contribution >= 0.6 is 0 Å². The number of para-hydroxylation sites is 3. The van der Waals surface area contributed by atoms with Crippen LogP contribution in [0.2, 0.25) is 0 Å². The third-order valence-electron chi connectivity index (χ3n) is 10.4. The van der Waals surface area contributed by atoms with Gasteiger partial charge in [-0.15, -0.1) is 34.9 Å². The molecular weight excluding hydrogens is 846 g/mol. The number of hydrogen-bond acceptors (Lipinski definition) is 4. The van der Waals surface area contributed by atoms with E-state index in [-0.39, 0.29) is 37.6 Å². The first-order valence-electron chi connectivity index (χ1n) is 18.1. The van der Waals surface area contributed by atoms with Crippen LogP contribution in [-0.2, 0) is 31.9 Å². The van der Waals surface area contributed by atoms with Crippen molar-refractivity contribution in [2.24, 2.45) is 0 Å². The molecule has 0 aliphatic carbocycles. The summed E-state index contributed by atoms with van der Waals surface area (Å²) in [5, 5.41) is 14.2. The third kappa shape index (κ3) is 5.92. The van der Waals surface area contributed by atoms with Gasteiger partial charge in [-0.1, -0.05) is 113 Å². The molecule has 0 saturated carbocycles. The van der Waals surface area contributed by atoms with E-state index in [1.54, 1.807) is 6.07 Å². The third-order valence-corrected chi connectivity index (χ3v) is 10.4. The van der Waals surface area contributed by atoms with E-state index < -0.39 is 0 Å². The summed E-state index contributed by atoms with van der Waals surface area (Å²) in [7, 11) is 0. The topological polar surface area (TPSA) is 64.1 Å². The number of imidazole rings is 1. The second-order valence-electron chi connectivity index (χ2n) is 16.0. The molecule has 0 amide bonds. The zero-order chi connectivity index (χ0) is 36.6. The van der Waals surface area contributed by atoms with Gasteiger partial charge in [0, 0.05) is 54.6 Å². The Labute approximate surface area is 329 Å². The fourth-order valence-electron chi connectivity index (χ4n) is 7.45. The van der Waals surface area contributed by atoms with Crippen LogP contribution in [-0.4, -0.2) is 19.6 Å². The standard InChI is InChI=1S/C48H40N3O2.Pt/c1-47(2,3)31-20-22-33(23-21-31)51-40-17-11-15-34(44(40)50-46(51)36-14-7-9-18-41(36)52)29-25-30(27-32(26-29)48(4,5)6)38-28-39-35-13-8-10-19-42(35)53-45(39)37-16-12-24-49-43(37)38;/h7-24,26-28,52H,1-6H3;/q-1;. The van der Waals surface area contributed by atoms with Crippen molar-refractivity contribution in [2.75, 3.05) is 0 Å². The van der Waals surface area contributed by atoms with Crippen molar-refractivity contribution in [3.05, 3.63) is 145 Å². The number of furan rings is 1. The number of phenolic OH excluding ortho intramolecular Hbond substituents is 1. The number of aromatic hydroxyl groups is 1. The van der Waals surface area contributed by atoms with Crippen LogP contribution in [0.3, 0.4) is 0 Å². The van der Waals surface area contributed by atoms with Gasteiger partial charge in [0.05, 0.1) is 16.6 Å². The van der Waals surface area contributed by atoms with E-state index in [1.807, 2.05) is 42.6 Å². The summed E-state index contributed by atoms with van der Waals surface area (Å²) in [4.78, 5) is 10.3. The summed E-state index contributed by atoms with van der Waals surface area (Å²) in [5.74, 6) is 0.857. The van der Waals surface area contributed by atoms with E-state index in [4.69, 9.17) is 14.4 Å². The average molecular weight is 886 g/mol. The molecule has 5 nitrogen and oxygen atoms in total. The van der Waals surface area contributed by atoms with E-state index in [0.29, 0.717) is 11.4 Å². The molecule has 6 heteroatoms. The molecule has 0 aliphatic heterocycles. The number of pyridine rings is 1. The predicted octanol–water partition coefficient (Wildman–Crippen LogP) is 12.6. The van der Waals surface area contributed by atoms with Crippen LogP contribution in [0.15, 0.2) is 132 Å². The molecule has 9 rings (SSSR count). The number of fused-ring (bicyclic) bond motifs is 6. The van der Waals surface area contributed by atoms with Crippen LogP contribution in [0.5, 0.6) is 5.75 Å². The molecule has 54 heavy (non-hydrogen) atoms. The molecule has 0 saturated heterocycles. The summed E-state index contributed by atoms with van der Waals surface area (Å²) in [6, 6.07) is 45.2. The number of aromatic nitrogens is 3. The quantitative estimate of drug-likeness (QED) is 0.179. The van der Waals surface area contributed by atoms with Crippen molar-refractivity contribution in [2.45, 2.75) is 52.4 Å². The Balaban J connectivity index is 0.00000413. The van der Waals surface area contributed by atoms with E-state index in [9.17, 15) is 5.11 Å². The molecule has 0 aliphatic rings. The van der Waals surface area contributed by atoms with Gasteiger partial charge in [-0.3, -0.25) is 9.55 Å². The van der Waals surface area contributed by atoms with Gasteiger partial charge in [-0.05, 0) is 64.9 Å². The Bertz CT molecular complexity index is 2870. The summed E-state index contributed by atoms with van der Waals surface area (Å²) >= 11 is 0. The van der Waals surface area contributed by atoms with Crippen molar-refractivity contribution in [1.82, 2.24) is 14.5 Å². The van der Waals surface area contributed by atoms with Crippen molar-refractivity contribution >= 4 is 43.9 Å². The number of rotatable bonds is 4. The van der Waals surface area contributed by atoms with Crippen LogP contribution in [0.4, 0.5) is 0 Å². The molecule has 3 aromatic heterocycles. The van der Waals surface area contributed by atoms with Gasteiger partial charge < -0.3 is 9.52 Å². The van der Waals surface area contributed by atoms with Gasteiger partial charge in [-0.2, -0.15) is 0 Å². The minimum Gasteiger partial charge on any atom is -0.507 e. The van der Waals surface area contributed by atoms with Gasteiger partial charge in [0.1, 0.15) is 22.7 Å². The fourth-order valence-corrected chi connectivity index (χ4v) is 7.45. The molecule has 0 radical (unpaired) electrons. The zero-order valence-corrected chi connectivity index (χ0v) is 33.4. The first-order valence-corrected chi connectivity index (χ1v) is 18.1. The van der Waals surface area contributed by atoms with Crippen LogP contribution in [0.1, 0.15) is 52.7 Å². The molecule has 0 fully saturated rings. The van der Waals surface area contributed by atoms with E-state index >= 15 is 0 Å². The first kappa shape index (κ1) is 35.5. The Morgan fingerprint density at radius 2 is 1.28 bits per heavy atom. The Kier molecular flexibility index (Phi) is 8.62.